The fraction of sp³-hybridized carbons (Fsp3) is 0.643. The maximum Gasteiger partial charge on any atom is 0.213 e. The van der Waals surface area contributed by atoms with Crippen LogP contribution in [0.1, 0.15) is 44.6 Å². The van der Waals surface area contributed by atoms with Gasteiger partial charge in [-0.05, 0) is 30.7 Å². The van der Waals surface area contributed by atoms with E-state index in [1.807, 2.05) is 12.1 Å². The zero-order valence-corrected chi connectivity index (χ0v) is 10.6. The first kappa shape index (κ1) is 12.4. The van der Waals surface area contributed by atoms with Crippen molar-refractivity contribution >= 4 is 0 Å². The highest BCUT2D eigenvalue weighted by Crippen LogP contribution is 2.29. The van der Waals surface area contributed by atoms with Crippen LogP contribution in [0.3, 0.4) is 0 Å². The minimum atomic E-state index is 0.352. The van der Waals surface area contributed by atoms with Gasteiger partial charge < -0.3 is 10.5 Å². The van der Waals surface area contributed by atoms with E-state index in [1.165, 1.54) is 25.7 Å². The maximum absolute atomic E-state index is 5.93. The van der Waals surface area contributed by atoms with E-state index in [4.69, 9.17) is 10.5 Å². The second kappa shape index (κ2) is 6.01. The highest BCUT2D eigenvalue weighted by atomic mass is 16.5. The summed E-state index contributed by atoms with van der Waals surface area (Å²) in [6.45, 7) is 2.80. The van der Waals surface area contributed by atoms with Crippen LogP contribution in [0.25, 0.3) is 0 Å². The molecule has 1 aliphatic carbocycles. The lowest BCUT2D eigenvalue weighted by Gasteiger charge is -2.28. The van der Waals surface area contributed by atoms with E-state index >= 15 is 0 Å². The van der Waals surface area contributed by atoms with Gasteiger partial charge in [0.2, 0.25) is 5.88 Å². The van der Waals surface area contributed by atoms with Crippen molar-refractivity contribution in [2.45, 2.75) is 51.7 Å². The number of pyridine rings is 1. The van der Waals surface area contributed by atoms with Gasteiger partial charge in [0.05, 0.1) is 0 Å². The van der Waals surface area contributed by atoms with Crippen molar-refractivity contribution in [2.24, 2.45) is 11.7 Å². The Morgan fingerprint density at radius 3 is 2.94 bits per heavy atom. The first-order valence-electron chi connectivity index (χ1n) is 6.63. The second-order valence-corrected chi connectivity index (χ2v) is 4.89. The molecule has 2 atom stereocenters. The fourth-order valence-corrected chi connectivity index (χ4v) is 2.49. The van der Waals surface area contributed by atoms with Crippen molar-refractivity contribution < 1.29 is 4.74 Å². The molecule has 0 spiro atoms. The number of rotatable bonds is 4. The molecule has 1 saturated carbocycles. The number of nitrogens with two attached hydrogens (primary N) is 1. The summed E-state index contributed by atoms with van der Waals surface area (Å²) in [6.07, 6.45) is 8.40. The summed E-state index contributed by atoms with van der Waals surface area (Å²) in [5.41, 5.74) is 6.59. The number of ether oxygens (including phenoxy) is 1. The van der Waals surface area contributed by atoms with Gasteiger partial charge in [-0.1, -0.05) is 25.8 Å². The topological polar surface area (TPSA) is 48.1 Å². The average Bonchev–Trinajstić information content (AvgIpc) is 2.40. The van der Waals surface area contributed by atoms with Crippen LogP contribution in [-0.2, 0) is 6.54 Å². The van der Waals surface area contributed by atoms with E-state index in [2.05, 4.69) is 11.9 Å². The SMILES string of the molecule is CCC1CCCC(Oc2ccc(CN)cn2)C1. The molecular formula is C14H22N2O. The van der Waals surface area contributed by atoms with Crippen LogP contribution in [0, 0.1) is 5.92 Å². The Morgan fingerprint density at radius 1 is 1.41 bits per heavy atom. The van der Waals surface area contributed by atoms with E-state index in [1.54, 1.807) is 6.20 Å². The molecule has 1 heterocycles. The molecule has 1 fully saturated rings. The molecule has 1 aromatic rings. The predicted molar refractivity (Wildman–Crippen MR) is 68.8 cm³/mol. The van der Waals surface area contributed by atoms with Gasteiger partial charge in [0.1, 0.15) is 6.10 Å². The molecule has 0 amide bonds. The van der Waals surface area contributed by atoms with Gasteiger partial charge in [0.15, 0.2) is 0 Å². The number of hydrogen-bond acceptors (Lipinski definition) is 3. The fourth-order valence-electron chi connectivity index (χ4n) is 2.49. The van der Waals surface area contributed by atoms with E-state index in [9.17, 15) is 0 Å². The van der Waals surface area contributed by atoms with Gasteiger partial charge in [-0.2, -0.15) is 0 Å². The number of nitrogens with zero attached hydrogens (tertiary/aromatic N) is 1. The van der Waals surface area contributed by atoms with Crippen molar-refractivity contribution in [1.29, 1.82) is 0 Å². The Labute approximate surface area is 103 Å². The molecule has 94 valence electrons. The highest BCUT2D eigenvalue weighted by molar-refractivity contribution is 5.17. The summed E-state index contributed by atoms with van der Waals surface area (Å²) in [4.78, 5) is 4.29. The van der Waals surface area contributed by atoms with Gasteiger partial charge in [0.25, 0.3) is 0 Å². The third kappa shape index (κ3) is 3.43. The molecule has 2 N–H and O–H groups in total. The summed E-state index contributed by atoms with van der Waals surface area (Å²) in [5.74, 6) is 1.57. The van der Waals surface area contributed by atoms with Crippen LogP contribution < -0.4 is 10.5 Å². The van der Waals surface area contributed by atoms with Gasteiger partial charge in [-0.25, -0.2) is 4.98 Å². The molecule has 3 heteroatoms. The smallest absolute Gasteiger partial charge is 0.213 e. The maximum atomic E-state index is 5.93. The summed E-state index contributed by atoms with van der Waals surface area (Å²) in [6, 6.07) is 3.92. The van der Waals surface area contributed by atoms with E-state index in [0.29, 0.717) is 12.6 Å². The lowest BCUT2D eigenvalue weighted by molar-refractivity contribution is 0.117. The van der Waals surface area contributed by atoms with E-state index < -0.39 is 0 Å². The number of aromatic nitrogens is 1. The van der Waals surface area contributed by atoms with Crippen LogP contribution in [0.5, 0.6) is 5.88 Å². The average molecular weight is 234 g/mol. The molecule has 2 unspecified atom stereocenters. The molecule has 0 aromatic carbocycles. The van der Waals surface area contributed by atoms with Crippen molar-refractivity contribution in [1.82, 2.24) is 4.98 Å². The molecule has 0 bridgehead atoms. The Balaban J connectivity index is 1.90. The molecule has 3 nitrogen and oxygen atoms in total. The quantitative estimate of drug-likeness (QED) is 0.871. The van der Waals surface area contributed by atoms with Crippen molar-refractivity contribution in [3.8, 4) is 5.88 Å². The predicted octanol–water partition coefficient (Wildman–Crippen LogP) is 2.89. The number of hydrogen-bond donors (Lipinski definition) is 1. The minimum absolute atomic E-state index is 0.352. The second-order valence-electron chi connectivity index (χ2n) is 4.89. The molecule has 1 aliphatic rings. The zero-order chi connectivity index (χ0) is 12.1. The Hall–Kier alpha value is -1.09. The zero-order valence-electron chi connectivity index (χ0n) is 10.6. The first-order valence-corrected chi connectivity index (χ1v) is 6.63. The summed E-state index contributed by atoms with van der Waals surface area (Å²) >= 11 is 0. The third-order valence-corrected chi connectivity index (χ3v) is 3.63. The third-order valence-electron chi connectivity index (χ3n) is 3.63. The van der Waals surface area contributed by atoms with Crippen LogP contribution in [0.15, 0.2) is 18.3 Å². The molecule has 1 aromatic heterocycles. The summed E-state index contributed by atoms with van der Waals surface area (Å²) < 4.78 is 5.93. The Morgan fingerprint density at radius 2 is 2.29 bits per heavy atom. The molecular weight excluding hydrogens is 212 g/mol. The molecule has 0 saturated heterocycles. The molecule has 0 aliphatic heterocycles. The van der Waals surface area contributed by atoms with Crippen molar-refractivity contribution in [2.75, 3.05) is 0 Å². The van der Waals surface area contributed by atoms with Gasteiger partial charge in [0, 0.05) is 18.8 Å². The molecule has 2 rings (SSSR count). The summed E-state index contributed by atoms with van der Waals surface area (Å²) in [5, 5.41) is 0. The summed E-state index contributed by atoms with van der Waals surface area (Å²) in [7, 11) is 0. The standard InChI is InChI=1S/C14H22N2O/c1-2-11-4-3-5-13(8-11)17-14-7-6-12(9-15)10-16-14/h6-7,10-11,13H,2-5,8-9,15H2,1H3. The largest absolute Gasteiger partial charge is 0.474 e. The lowest BCUT2D eigenvalue weighted by Crippen LogP contribution is -2.25. The first-order chi connectivity index (χ1) is 8.31. The normalized spacial score (nSPS) is 24.6. The van der Waals surface area contributed by atoms with Crippen LogP contribution in [0.2, 0.25) is 0 Å². The molecule has 17 heavy (non-hydrogen) atoms. The van der Waals surface area contributed by atoms with Crippen molar-refractivity contribution in [3.63, 3.8) is 0 Å². The minimum Gasteiger partial charge on any atom is -0.474 e. The van der Waals surface area contributed by atoms with Gasteiger partial charge >= 0.3 is 0 Å². The van der Waals surface area contributed by atoms with Crippen molar-refractivity contribution in [3.05, 3.63) is 23.9 Å². The van der Waals surface area contributed by atoms with Gasteiger partial charge in [-0.3, -0.25) is 0 Å². The van der Waals surface area contributed by atoms with Crippen LogP contribution in [0.4, 0.5) is 0 Å². The Kier molecular flexibility index (Phi) is 4.37. The van der Waals surface area contributed by atoms with Crippen LogP contribution in [-0.4, -0.2) is 11.1 Å². The van der Waals surface area contributed by atoms with E-state index in [-0.39, 0.29) is 0 Å². The van der Waals surface area contributed by atoms with Crippen LogP contribution >= 0.6 is 0 Å². The van der Waals surface area contributed by atoms with E-state index in [0.717, 1.165) is 23.8 Å². The monoisotopic (exact) mass is 234 g/mol. The lowest BCUT2D eigenvalue weighted by atomic mass is 9.85. The Bertz CT molecular complexity index is 337. The van der Waals surface area contributed by atoms with Gasteiger partial charge in [-0.15, -0.1) is 0 Å². The molecule has 0 radical (unpaired) electrons. The highest BCUT2D eigenvalue weighted by Gasteiger charge is 2.22.